The summed E-state index contributed by atoms with van der Waals surface area (Å²) in [5, 5.41) is 32.9. The predicted octanol–water partition coefficient (Wildman–Crippen LogP) is 1.66. The molecule has 0 heterocycles. The van der Waals surface area contributed by atoms with Crippen LogP contribution in [0.15, 0.2) is 30.0 Å². The number of amides is 1. The summed E-state index contributed by atoms with van der Waals surface area (Å²) in [6.45, 7) is 0.0331. The van der Waals surface area contributed by atoms with Gasteiger partial charge in [0.2, 0.25) is 0 Å². The van der Waals surface area contributed by atoms with Crippen molar-refractivity contribution in [2.45, 2.75) is 6.42 Å². The maximum Gasteiger partial charge on any atom is 0.305 e. The minimum absolute atomic E-state index is 0.0162. The third-order valence-corrected chi connectivity index (χ3v) is 2.83. The molecule has 1 aromatic rings. The van der Waals surface area contributed by atoms with Crippen LogP contribution in [0.2, 0.25) is 5.02 Å². The van der Waals surface area contributed by atoms with Gasteiger partial charge in [0.1, 0.15) is 11.6 Å². The Kier molecular flexibility index (Phi) is 6.51. The van der Waals surface area contributed by atoms with Gasteiger partial charge in [-0.25, -0.2) is 0 Å². The Morgan fingerprint density at radius 2 is 2.17 bits per heavy atom. The highest BCUT2D eigenvalue weighted by molar-refractivity contribution is 6.34. The fourth-order valence-corrected chi connectivity index (χ4v) is 1.58. The maximum atomic E-state index is 11.9. The van der Waals surface area contributed by atoms with Gasteiger partial charge in [0.15, 0.2) is 0 Å². The maximum absolute atomic E-state index is 11.9. The number of non-ortho nitro benzene ring substituents is 1. The lowest BCUT2D eigenvalue weighted by molar-refractivity contribution is -0.384. The van der Waals surface area contributed by atoms with Crippen LogP contribution in [0.4, 0.5) is 11.4 Å². The van der Waals surface area contributed by atoms with Crippen LogP contribution < -0.4 is 10.6 Å². The van der Waals surface area contributed by atoms with Crippen molar-refractivity contribution in [2.75, 3.05) is 11.9 Å². The van der Waals surface area contributed by atoms with Gasteiger partial charge in [-0.3, -0.25) is 19.7 Å². The number of anilines is 1. The van der Waals surface area contributed by atoms with E-state index in [1.807, 2.05) is 0 Å². The molecule has 3 N–H and O–H groups in total. The molecule has 0 aliphatic carbocycles. The van der Waals surface area contributed by atoms with Crippen molar-refractivity contribution in [1.82, 2.24) is 5.32 Å². The lowest BCUT2D eigenvalue weighted by atomic mass is 10.2. The van der Waals surface area contributed by atoms with Crippen LogP contribution in [-0.2, 0) is 9.59 Å². The van der Waals surface area contributed by atoms with Crippen LogP contribution in [0.1, 0.15) is 6.42 Å². The van der Waals surface area contributed by atoms with Crippen LogP contribution in [0.25, 0.3) is 0 Å². The van der Waals surface area contributed by atoms with Crippen molar-refractivity contribution in [1.29, 1.82) is 5.26 Å². The molecule has 120 valence electrons. The van der Waals surface area contributed by atoms with Gasteiger partial charge in [0, 0.05) is 24.9 Å². The zero-order valence-corrected chi connectivity index (χ0v) is 12.3. The minimum atomic E-state index is -1.03. The van der Waals surface area contributed by atoms with E-state index >= 15 is 0 Å². The monoisotopic (exact) mass is 338 g/mol. The van der Waals surface area contributed by atoms with Crippen molar-refractivity contribution < 1.29 is 19.6 Å². The molecule has 23 heavy (non-hydrogen) atoms. The van der Waals surface area contributed by atoms with Crippen LogP contribution in [0, 0.1) is 21.4 Å². The fraction of sp³-hybridized carbons (Fsp3) is 0.154. The second-order valence-corrected chi connectivity index (χ2v) is 4.55. The number of carboxylic acid groups (broad SMARTS) is 1. The summed E-state index contributed by atoms with van der Waals surface area (Å²) in [4.78, 5) is 32.3. The number of nitrogens with zero attached hydrogens (tertiary/aromatic N) is 2. The molecule has 0 fully saturated rings. The van der Waals surface area contributed by atoms with E-state index in [0.717, 1.165) is 12.3 Å². The topological polar surface area (TPSA) is 145 Å². The Morgan fingerprint density at radius 1 is 1.48 bits per heavy atom. The van der Waals surface area contributed by atoms with Gasteiger partial charge in [-0.05, 0) is 6.07 Å². The number of carbonyl (C=O) groups excluding carboxylic acids is 1. The third-order valence-electron chi connectivity index (χ3n) is 2.50. The summed E-state index contributed by atoms with van der Waals surface area (Å²) >= 11 is 5.83. The summed E-state index contributed by atoms with van der Waals surface area (Å²) in [6.07, 6.45) is 0.872. The molecule has 0 saturated carbocycles. The summed E-state index contributed by atoms with van der Waals surface area (Å²) in [5.74, 6) is -1.87. The Labute approximate surface area is 135 Å². The second kappa shape index (κ2) is 8.35. The number of nitro groups is 1. The SMILES string of the molecule is N#C/C(=C/NCCC(=O)O)C(=O)Nc1cc([N+](=O)[O-])ccc1Cl. The first-order valence-corrected chi connectivity index (χ1v) is 6.53. The van der Waals surface area contributed by atoms with Gasteiger partial charge >= 0.3 is 5.97 Å². The van der Waals surface area contributed by atoms with Gasteiger partial charge in [-0.1, -0.05) is 11.6 Å². The number of hydrogen-bond donors (Lipinski definition) is 3. The lowest BCUT2D eigenvalue weighted by Gasteiger charge is -2.06. The number of nitriles is 1. The first kappa shape index (κ1) is 17.9. The quantitative estimate of drug-likeness (QED) is 0.225. The number of hydrogen-bond acceptors (Lipinski definition) is 6. The van der Waals surface area contributed by atoms with Crippen molar-refractivity contribution in [3.63, 3.8) is 0 Å². The van der Waals surface area contributed by atoms with Gasteiger partial charge in [0.25, 0.3) is 11.6 Å². The second-order valence-electron chi connectivity index (χ2n) is 4.14. The molecular weight excluding hydrogens is 328 g/mol. The van der Waals surface area contributed by atoms with Gasteiger partial charge in [-0.15, -0.1) is 0 Å². The van der Waals surface area contributed by atoms with Crippen molar-refractivity contribution in [2.24, 2.45) is 0 Å². The first-order chi connectivity index (χ1) is 10.8. The standard InChI is InChI=1S/C13H11ClN4O5/c14-10-2-1-9(18(22)23)5-11(10)17-13(21)8(6-15)7-16-4-3-12(19)20/h1-2,5,7,16H,3-4H2,(H,17,21)(H,19,20)/b8-7-. The number of halogens is 1. The highest BCUT2D eigenvalue weighted by atomic mass is 35.5. The van der Waals surface area contributed by atoms with Crippen LogP contribution in [-0.4, -0.2) is 28.5 Å². The summed E-state index contributed by atoms with van der Waals surface area (Å²) in [5.41, 5.74) is -0.623. The van der Waals surface area contributed by atoms with Crippen LogP contribution in [0.3, 0.4) is 0 Å². The molecule has 0 radical (unpaired) electrons. The summed E-state index contributed by atoms with van der Waals surface area (Å²) < 4.78 is 0. The number of nitrogens with one attached hydrogen (secondary N) is 2. The smallest absolute Gasteiger partial charge is 0.305 e. The molecule has 1 rings (SSSR count). The van der Waals surface area contributed by atoms with E-state index in [0.29, 0.717) is 0 Å². The molecule has 0 atom stereocenters. The Morgan fingerprint density at radius 3 is 2.74 bits per heavy atom. The number of rotatable bonds is 7. The average Bonchev–Trinajstić information content (AvgIpc) is 2.48. The third kappa shape index (κ3) is 5.64. The zero-order valence-electron chi connectivity index (χ0n) is 11.6. The molecule has 9 nitrogen and oxygen atoms in total. The van der Waals surface area contributed by atoms with Gasteiger partial charge in [-0.2, -0.15) is 5.26 Å². The molecule has 0 bridgehead atoms. The summed E-state index contributed by atoms with van der Waals surface area (Å²) in [6, 6.07) is 5.11. The molecule has 1 aromatic carbocycles. The molecule has 10 heteroatoms. The summed E-state index contributed by atoms with van der Waals surface area (Å²) in [7, 11) is 0. The highest BCUT2D eigenvalue weighted by Crippen LogP contribution is 2.26. The van der Waals surface area contributed by atoms with E-state index in [1.165, 1.54) is 12.1 Å². The number of nitro benzene ring substituents is 1. The minimum Gasteiger partial charge on any atom is -0.481 e. The van der Waals surface area contributed by atoms with Crippen molar-refractivity contribution in [3.8, 4) is 6.07 Å². The molecule has 0 aliphatic rings. The molecule has 0 aromatic heterocycles. The Balaban J connectivity index is 2.82. The molecular formula is C13H11ClN4O5. The lowest BCUT2D eigenvalue weighted by Crippen LogP contribution is -2.18. The Hall–Kier alpha value is -3.12. The normalized spacial score (nSPS) is 10.5. The number of carbonyl (C=O) groups is 2. The molecule has 1 amide bonds. The predicted molar refractivity (Wildman–Crippen MR) is 80.7 cm³/mol. The highest BCUT2D eigenvalue weighted by Gasteiger charge is 2.14. The number of benzene rings is 1. The van der Waals surface area contributed by atoms with E-state index in [9.17, 15) is 19.7 Å². The Bertz CT molecular complexity index is 711. The van der Waals surface area contributed by atoms with Crippen LogP contribution >= 0.6 is 11.6 Å². The average molecular weight is 339 g/mol. The van der Waals surface area contributed by atoms with E-state index in [2.05, 4.69) is 10.6 Å². The van der Waals surface area contributed by atoms with E-state index in [4.69, 9.17) is 22.0 Å². The fourth-order valence-electron chi connectivity index (χ4n) is 1.41. The van der Waals surface area contributed by atoms with Crippen molar-refractivity contribution >= 4 is 34.9 Å². The van der Waals surface area contributed by atoms with Gasteiger partial charge < -0.3 is 15.7 Å². The zero-order chi connectivity index (χ0) is 17.4. The van der Waals surface area contributed by atoms with Crippen molar-refractivity contribution in [3.05, 3.63) is 45.1 Å². The van der Waals surface area contributed by atoms with E-state index in [1.54, 1.807) is 6.07 Å². The van der Waals surface area contributed by atoms with Crippen LogP contribution in [0.5, 0.6) is 0 Å². The molecule has 0 spiro atoms. The number of aliphatic carboxylic acids is 1. The molecule has 0 saturated heterocycles. The van der Waals surface area contributed by atoms with E-state index < -0.39 is 16.8 Å². The van der Waals surface area contributed by atoms with Gasteiger partial charge in [0.05, 0.1) is 22.1 Å². The molecule has 0 aliphatic heterocycles. The number of carboxylic acids is 1. The first-order valence-electron chi connectivity index (χ1n) is 6.16. The molecule has 0 unspecified atom stereocenters. The largest absolute Gasteiger partial charge is 0.481 e. The van der Waals surface area contributed by atoms with E-state index in [-0.39, 0.29) is 34.9 Å².